The molecule has 4 heterocycles. The third-order valence-electron chi connectivity index (χ3n) is 5.66. The van der Waals surface area contributed by atoms with Gasteiger partial charge >= 0.3 is 5.97 Å². The highest BCUT2D eigenvalue weighted by molar-refractivity contribution is 6.04. The largest absolute Gasteiger partial charge is 0.478 e. The minimum atomic E-state index is -1.26. The number of aliphatic hydroxyl groups excluding tert-OH is 1. The molecule has 4 aromatic rings. The molecule has 0 spiro atoms. The SMILES string of the molecule is Cn1cc2c3c(c[nH]c3c1=O)CN(c1ncc(F)cc1F)c1cc(C(=O)O)c(CO)cc1-2. The average molecular weight is 438 g/mol. The van der Waals surface area contributed by atoms with E-state index >= 15 is 0 Å². The van der Waals surface area contributed by atoms with Gasteiger partial charge in [0, 0.05) is 42.0 Å². The van der Waals surface area contributed by atoms with E-state index in [-0.39, 0.29) is 29.0 Å². The second-order valence-electron chi connectivity index (χ2n) is 7.56. The molecule has 0 aliphatic carbocycles. The van der Waals surface area contributed by atoms with Crippen LogP contribution in [0, 0.1) is 11.6 Å². The van der Waals surface area contributed by atoms with Crippen molar-refractivity contribution in [2.75, 3.05) is 4.90 Å². The van der Waals surface area contributed by atoms with Crippen molar-refractivity contribution < 1.29 is 23.8 Å². The number of benzene rings is 1. The van der Waals surface area contributed by atoms with Gasteiger partial charge < -0.3 is 24.7 Å². The summed E-state index contributed by atoms with van der Waals surface area (Å²) in [6.45, 7) is -0.493. The lowest BCUT2D eigenvalue weighted by molar-refractivity contribution is 0.0693. The molecular formula is C22H16F2N4O4. The van der Waals surface area contributed by atoms with Crippen LogP contribution in [-0.4, -0.2) is 30.7 Å². The number of aromatic amines is 1. The maximum Gasteiger partial charge on any atom is 0.336 e. The van der Waals surface area contributed by atoms with Gasteiger partial charge in [0.2, 0.25) is 0 Å². The lowest BCUT2D eigenvalue weighted by Gasteiger charge is -2.26. The van der Waals surface area contributed by atoms with E-state index in [4.69, 9.17) is 0 Å². The molecule has 0 saturated carbocycles. The van der Waals surface area contributed by atoms with E-state index in [1.807, 2.05) is 0 Å². The van der Waals surface area contributed by atoms with Crippen molar-refractivity contribution in [1.29, 1.82) is 0 Å². The third kappa shape index (κ3) is 2.80. The fourth-order valence-electron chi connectivity index (χ4n) is 4.22. The first-order valence-electron chi connectivity index (χ1n) is 9.59. The fourth-order valence-corrected chi connectivity index (χ4v) is 4.22. The number of hydrogen-bond donors (Lipinski definition) is 3. The molecule has 162 valence electrons. The summed E-state index contributed by atoms with van der Waals surface area (Å²) in [6.07, 6.45) is 4.11. The summed E-state index contributed by atoms with van der Waals surface area (Å²) in [5.41, 5.74) is 2.10. The number of nitrogens with one attached hydrogen (secondary N) is 1. The van der Waals surface area contributed by atoms with Crippen LogP contribution >= 0.6 is 0 Å². The second kappa shape index (κ2) is 6.99. The number of H-pyrrole nitrogens is 1. The van der Waals surface area contributed by atoms with Crippen LogP contribution in [-0.2, 0) is 20.2 Å². The predicted molar refractivity (Wildman–Crippen MR) is 112 cm³/mol. The highest BCUT2D eigenvalue weighted by atomic mass is 19.1. The highest BCUT2D eigenvalue weighted by Gasteiger charge is 2.29. The first kappa shape index (κ1) is 19.9. The van der Waals surface area contributed by atoms with Gasteiger partial charge in [-0.25, -0.2) is 18.6 Å². The Balaban J connectivity index is 1.91. The molecule has 8 nitrogen and oxygen atoms in total. The van der Waals surface area contributed by atoms with Crippen molar-refractivity contribution in [2.24, 2.45) is 7.05 Å². The first-order valence-corrected chi connectivity index (χ1v) is 9.59. The molecule has 1 aliphatic heterocycles. The number of rotatable bonds is 3. The minimum absolute atomic E-state index is 0.0419. The summed E-state index contributed by atoms with van der Waals surface area (Å²) in [5.74, 6) is -3.24. The van der Waals surface area contributed by atoms with Crippen LogP contribution in [0.2, 0.25) is 0 Å². The number of fused-ring (bicyclic) bond motifs is 2. The van der Waals surface area contributed by atoms with Gasteiger partial charge in [-0.05, 0) is 23.3 Å². The summed E-state index contributed by atoms with van der Waals surface area (Å²) in [4.78, 5) is 32.8. The maximum atomic E-state index is 14.8. The number of carbonyl (C=O) groups is 1. The molecule has 3 aromatic heterocycles. The minimum Gasteiger partial charge on any atom is -0.478 e. The van der Waals surface area contributed by atoms with E-state index in [2.05, 4.69) is 9.97 Å². The quantitative estimate of drug-likeness (QED) is 0.453. The molecular weight excluding hydrogens is 422 g/mol. The van der Waals surface area contributed by atoms with Gasteiger partial charge in [0.25, 0.3) is 5.56 Å². The summed E-state index contributed by atoms with van der Waals surface area (Å²) < 4.78 is 29.7. The number of nitrogens with zero attached hydrogens (tertiary/aromatic N) is 3. The van der Waals surface area contributed by atoms with Crippen LogP contribution < -0.4 is 10.5 Å². The smallest absolute Gasteiger partial charge is 0.336 e. The highest BCUT2D eigenvalue weighted by Crippen LogP contribution is 2.44. The Kier molecular flexibility index (Phi) is 4.34. The van der Waals surface area contributed by atoms with E-state index in [9.17, 15) is 28.6 Å². The molecule has 0 amide bonds. The van der Waals surface area contributed by atoms with E-state index in [1.54, 1.807) is 19.4 Å². The monoisotopic (exact) mass is 438 g/mol. The molecule has 0 unspecified atom stereocenters. The fraction of sp³-hybridized carbons (Fsp3) is 0.136. The number of halogens is 2. The molecule has 0 atom stereocenters. The molecule has 0 bridgehead atoms. The van der Waals surface area contributed by atoms with Crippen molar-refractivity contribution in [1.82, 2.24) is 14.5 Å². The van der Waals surface area contributed by atoms with Crippen LogP contribution in [0.3, 0.4) is 0 Å². The lowest BCUT2D eigenvalue weighted by Crippen LogP contribution is -2.20. The van der Waals surface area contributed by atoms with Crippen molar-refractivity contribution in [3.63, 3.8) is 0 Å². The Morgan fingerprint density at radius 2 is 2.03 bits per heavy atom. The zero-order valence-electron chi connectivity index (χ0n) is 16.7. The number of carboxylic acids is 1. The Hall–Kier alpha value is -4.05. The number of aromatic carboxylic acids is 1. The maximum absolute atomic E-state index is 14.8. The molecule has 10 heteroatoms. The molecule has 32 heavy (non-hydrogen) atoms. The number of carboxylic acid groups (broad SMARTS) is 1. The van der Waals surface area contributed by atoms with E-state index in [1.165, 1.54) is 21.6 Å². The lowest BCUT2D eigenvalue weighted by atomic mass is 9.96. The summed E-state index contributed by atoms with van der Waals surface area (Å²) >= 11 is 0. The number of aromatic nitrogens is 3. The van der Waals surface area contributed by atoms with Gasteiger partial charge in [-0.2, -0.15) is 0 Å². The molecule has 0 radical (unpaired) electrons. The Morgan fingerprint density at radius 1 is 1.25 bits per heavy atom. The summed E-state index contributed by atoms with van der Waals surface area (Å²) in [7, 11) is 1.58. The Morgan fingerprint density at radius 3 is 2.72 bits per heavy atom. The number of aliphatic hydroxyl groups is 1. The molecule has 0 fully saturated rings. The average Bonchev–Trinajstić information content (AvgIpc) is 3.13. The van der Waals surface area contributed by atoms with Crippen LogP contribution in [0.4, 0.5) is 20.3 Å². The van der Waals surface area contributed by atoms with Gasteiger partial charge in [0.1, 0.15) is 11.3 Å². The second-order valence-corrected chi connectivity index (χ2v) is 7.56. The van der Waals surface area contributed by atoms with E-state index in [0.29, 0.717) is 39.3 Å². The third-order valence-corrected chi connectivity index (χ3v) is 5.66. The van der Waals surface area contributed by atoms with Crippen LogP contribution in [0.1, 0.15) is 21.5 Å². The van der Waals surface area contributed by atoms with E-state index in [0.717, 1.165) is 6.20 Å². The van der Waals surface area contributed by atoms with Gasteiger partial charge in [0.05, 0.1) is 30.6 Å². The zero-order valence-corrected chi connectivity index (χ0v) is 16.7. The number of aryl methyl sites for hydroxylation is 1. The van der Waals surface area contributed by atoms with Gasteiger partial charge in [-0.1, -0.05) is 0 Å². The van der Waals surface area contributed by atoms with Crippen molar-refractivity contribution in [3.8, 4) is 11.1 Å². The molecule has 3 N–H and O–H groups in total. The number of pyridine rings is 2. The summed E-state index contributed by atoms with van der Waals surface area (Å²) in [6, 6.07) is 3.54. The first-order chi connectivity index (χ1) is 15.3. The molecule has 5 rings (SSSR count). The Bertz CT molecular complexity index is 1490. The molecule has 0 saturated heterocycles. The van der Waals surface area contributed by atoms with Gasteiger partial charge in [-0.3, -0.25) is 4.79 Å². The van der Waals surface area contributed by atoms with Crippen molar-refractivity contribution in [3.05, 3.63) is 75.5 Å². The zero-order chi connectivity index (χ0) is 22.7. The normalized spacial score (nSPS) is 12.7. The number of anilines is 2. The van der Waals surface area contributed by atoms with Crippen LogP contribution in [0.25, 0.3) is 22.0 Å². The van der Waals surface area contributed by atoms with E-state index < -0.39 is 24.2 Å². The topological polar surface area (TPSA) is 111 Å². The van der Waals surface area contributed by atoms with Gasteiger partial charge in [0.15, 0.2) is 11.6 Å². The number of hydrogen-bond acceptors (Lipinski definition) is 5. The molecule has 1 aliphatic rings. The van der Waals surface area contributed by atoms with Crippen LogP contribution in [0.5, 0.6) is 0 Å². The van der Waals surface area contributed by atoms with Gasteiger partial charge in [-0.15, -0.1) is 0 Å². The Labute approximate surface area is 179 Å². The molecule has 1 aromatic carbocycles. The summed E-state index contributed by atoms with van der Waals surface area (Å²) in [5, 5.41) is 20.1. The standard InChI is InChI=1S/C22H16F2N4O4/c1-27-8-15-14-2-10(9-29)13(22(31)32)4-17(14)28(20-16(24)3-12(23)6-26-20)7-11-5-25-19(18(11)15)21(27)30/h2-6,8,25,29H,7,9H2,1H3,(H,31,32). The van der Waals surface area contributed by atoms with Crippen molar-refractivity contribution >= 4 is 28.4 Å². The van der Waals surface area contributed by atoms with Crippen molar-refractivity contribution in [2.45, 2.75) is 13.2 Å². The predicted octanol–water partition coefficient (Wildman–Crippen LogP) is 3.05. The van der Waals surface area contributed by atoms with Crippen LogP contribution in [0.15, 0.2) is 41.6 Å².